The molecule has 0 radical (unpaired) electrons. The molecular formula is C15H22N2O3. The number of carbonyl (C=O) groups is 1. The van der Waals surface area contributed by atoms with Crippen LogP contribution >= 0.6 is 0 Å². The molecule has 1 saturated carbocycles. The predicted octanol–water partition coefficient (Wildman–Crippen LogP) is 2.51. The van der Waals surface area contributed by atoms with Crippen LogP contribution in [0, 0.1) is 0 Å². The summed E-state index contributed by atoms with van der Waals surface area (Å²) in [5, 5.41) is 14.3. The first kappa shape index (κ1) is 14.7. The van der Waals surface area contributed by atoms with Crippen molar-refractivity contribution >= 4 is 11.7 Å². The molecule has 5 nitrogen and oxygen atoms in total. The average Bonchev–Trinajstić information content (AvgIpc) is 2.93. The van der Waals surface area contributed by atoms with Crippen LogP contribution < -0.4 is 15.4 Å². The van der Waals surface area contributed by atoms with Crippen molar-refractivity contribution in [2.45, 2.75) is 44.8 Å². The molecule has 1 aliphatic carbocycles. The van der Waals surface area contributed by atoms with Gasteiger partial charge in [-0.3, -0.25) is 0 Å². The molecule has 20 heavy (non-hydrogen) atoms. The van der Waals surface area contributed by atoms with Crippen molar-refractivity contribution in [2.24, 2.45) is 0 Å². The highest BCUT2D eigenvalue weighted by Crippen LogP contribution is 2.29. The van der Waals surface area contributed by atoms with Crippen LogP contribution in [0.4, 0.5) is 10.5 Å². The van der Waals surface area contributed by atoms with Crippen LogP contribution in [0.25, 0.3) is 0 Å². The van der Waals surface area contributed by atoms with Gasteiger partial charge in [-0.15, -0.1) is 0 Å². The van der Waals surface area contributed by atoms with Crippen molar-refractivity contribution in [3.63, 3.8) is 0 Å². The molecule has 2 rings (SSSR count). The van der Waals surface area contributed by atoms with E-state index in [4.69, 9.17) is 9.84 Å². The van der Waals surface area contributed by atoms with Crippen molar-refractivity contribution in [3.05, 3.63) is 24.3 Å². The molecule has 0 saturated heterocycles. The van der Waals surface area contributed by atoms with Gasteiger partial charge in [0.1, 0.15) is 5.75 Å². The van der Waals surface area contributed by atoms with E-state index >= 15 is 0 Å². The van der Waals surface area contributed by atoms with Crippen LogP contribution in [0.2, 0.25) is 0 Å². The highest BCUT2D eigenvalue weighted by atomic mass is 16.5. The summed E-state index contributed by atoms with van der Waals surface area (Å²) < 4.78 is 5.95. The number of urea groups is 1. The van der Waals surface area contributed by atoms with E-state index in [1.165, 1.54) is 12.8 Å². The molecule has 110 valence electrons. The molecule has 0 heterocycles. The molecule has 0 aromatic heterocycles. The summed E-state index contributed by atoms with van der Waals surface area (Å²) in [6.07, 6.45) is 4.80. The van der Waals surface area contributed by atoms with Gasteiger partial charge in [0.25, 0.3) is 0 Å². The lowest BCUT2D eigenvalue weighted by Crippen LogP contribution is -2.38. The molecule has 3 N–H and O–H groups in total. The molecule has 0 bridgehead atoms. The number of aliphatic hydroxyl groups excluding tert-OH is 1. The fraction of sp³-hybridized carbons (Fsp3) is 0.533. The molecule has 5 heteroatoms. The topological polar surface area (TPSA) is 70.6 Å². The molecule has 0 aliphatic heterocycles. The third-order valence-corrected chi connectivity index (χ3v) is 3.38. The van der Waals surface area contributed by atoms with E-state index in [0.717, 1.165) is 12.8 Å². The number of para-hydroxylation sites is 2. The molecule has 2 amide bonds. The van der Waals surface area contributed by atoms with Crippen LogP contribution in [0.5, 0.6) is 5.75 Å². The maximum Gasteiger partial charge on any atom is 0.319 e. The second-order valence-electron chi connectivity index (χ2n) is 5.20. The van der Waals surface area contributed by atoms with Gasteiger partial charge in [0.05, 0.1) is 24.4 Å². The molecular weight excluding hydrogens is 256 g/mol. The summed E-state index contributed by atoms with van der Waals surface area (Å²) in [5.41, 5.74) is 0.655. The first-order chi connectivity index (χ1) is 9.69. The molecule has 1 aromatic rings. The summed E-state index contributed by atoms with van der Waals surface area (Å²) in [5.74, 6) is 0.700. The van der Waals surface area contributed by atoms with Gasteiger partial charge in [0.15, 0.2) is 0 Å². The molecule has 1 aromatic carbocycles. The first-order valence-corrected chi connectivity index (χ1v) is 7.13. The summed E-state index contributed by atoms with van der Waals surface area (Å²) in [6, 6.07) is 6.81. The minimum atomic E-state index is -0.339. The van der Waals surface area contributed by atoms with Crippen molar-refractivity contribution in [2.75, 3.05) is 11.9 Å². The highest BCUT2D eigenvalue weighted by molar-refractivity contribution is 5.91. The number of anilines is 1. The summed E-state index contributed by atoms with van der Waals surface area (Å²) >= 11 is 0. The van der Waals surface area contributed by atoms with Crippen molar-refractivity contribution in [1.29, 1.82) is 0 Å². The van der Waals surface area contributed by atoms with Gasteiger partial charge >= 0.3 is 6.03 Å². The zero-order chi connectivity index (χ0) is 14.4. The first-order valence-electron chi connectivity index (χ1n) is 7.13. The SMILES string of the molecule is CC(CO)NC(=O)Nc1ccccc1OC1CCCC1. The molecule has 1 atom stereocenters. The Hall–Kier alpha value is -1.75. The third kappa shape index (κ3) is 4.13. The fourth-order valence-electron chi connectivity index (χ4n) is 2.29. The Labute approximate surface area is 119 Å². The Kier molecular flexibility index (Phi) is 5.24. The van der Waals surface area contributed by atoms with Crippen LogP contribution in [0.1, 0.15) is 32.6 Å². The maximum absolute atomic E-state index is 11.8. The second-order valence-corrected chi connectivity index (χ2v) is 5.20. The number of aliphatic hydroxyl groups is 1. The fourth-order valence-corrected chi connectivity index (χ4v) is 2.29. The van der Waals surface area contributed by atoms with E-state index in [1.807, 2.05) is 24.3 Å². The number of carbonyl (C=O) groups excluding carboxylic acids is 1. The van der Waals surface area contributed by atoms with Crippen LogP contribution in [0.3, 0.4) is 0 Å². The van der Waals surface area contributed by atoms with Gasteiger partial charge < -0.3 is 20.5 Å². The Morgan fingerprint density at radius 3 is 2.80 bits per heavy atom. The van der Waals surface area contributed by atoms with Gasteiger partial charge in [-0.1, -0.05) is 12.1 Å². The second kappa shape index (κ2) is 7.14. The highest BCUT2D eigenvalue weighted by Gasteiger charge is 2.18. The van der Waals surface area contributed by atoms with Gasteiger partial charge in [-0.2, -0.15) is 0 Å². The van der Waals surface area contributed by atoms with Crippen LogP contribution in [-0.4, -0.2) is 29.9 Å². The summed E-state index contributed by atoms with van der Waals surface area (Å²) in [4.78, 5) is 11.8. The smallest absolute Gasteiger partial charge is 0.319 e. The summed E-state index contributed by atoms with van der Waals surface area (Å²) in [7, 11) is 0. The van der Waals surface area contributed by atoms with Gasteiger partial charge in [0.2, 0.25) is 0 Å². The number of rotatable bonds is 5. The molecule has 1 aliphatic rings. The molecule has 1 unspecified atom stereocenters. The predicted molar refractivity (Wildman–Crippen MR) is 78.0 cm³/mol. The van der Waals surface area contributed by atoms with E-state index in [9.17, 15) is 4.79 Å². The van der Waals surface area contributed by atoms with E-state index in [2.05, 4.69) is 10.6 Å². The standard InChI is InChI=1S/C15H22N2O3/c1-11(10-18)16-15(19)17-13-8-4-5-9-14(13)20-12-6-2-3-7-12/h4-5,8-9,11-12,18H,2-3,6-7,10H2,1H3,(H2,16,17,19). The minimum Gasteiger partial charge on any atom is -0.488 e. The van der Waals surface area contributed by atoms with Crippen LogP contribution in [-0.2, 0) is 0 Å². The van der Waals surface area contributed by atoms with Crippen molar-refractivity contribution in [1.82, 2.24) is 5.32 Å². The Bertz CT molecular complexity index is 444. The van der Waals surface area contributed by atoms with Gasteiger partial charge in [-0.05, 0) is 44.7 Å². The zero-order valence-electron chi connectivity index (χ0n) is 11.8. The zero-order valence-corrected chi connectivity index (χ0v) is 11.8. The van der Waals surface area contributed by atoms with Crippen LogP contribution in [0.15, 0.2) is 24.3 Å². The Balaban J connectivity index is 1.98. The lowest BCUT2D eigenvalue weighted by molar-refractivity contribution is 0.210. The minimum absolute atomic E-state index is 0.0896. The maximum atomic E-state index is 11.8. The lowest BCUT2D eigenvalue weighted by Gasteiger charge is -2.18. The monoisotopic (exact) mass is 278 g/mol. The van der Waals surface area contributed by atoms with E-state index in [0.29, 0.717) is 11.4 Å². The lowest BCUT2D eigenvalue weighted by atomic mass is 10.2. The number of nitrogens with one attached hydrogen (secondary N) is 2. The molecule has 0 spiro atoms. The number of ether oxygens (including phenoxy) is 1. The Morgan fingerprint density at radius 2 is 2.10 bits per heavy atom. The molecule has 1 fully saturated rings. The normalized spacial score (nSPS) is 16.7. The number of hydrogen-bond acceptors (Lipinski definition) is 3. The van der Waals surface area contributed by atoms with Crippen molar-refractivity contribution in [3.8, 4) is 5.75 Å². The number of hydrogen-bond donors (Lipinski definition) is 3. The van der Waals surface area contributed by atoms with Crippen molar-refractivity contribution < 1.29 is 14.6 Å². The van der Waals surface area contributed by atoms with Gasteiger partial charge in [-0.25, -0.2) is 4.79 Å². The van der Waals surface area contributed by atoms with E-state index in [1.54, 1.807) is 6.92 Å². The summed E-state index contributed by atoms with van der Waals surface area (Å²) in [6.45, 7) is 1.65. The number of amides is 2. The van der Waals surface area contributed by atoms with Gasteiger partial charge in [0, 0.05) is 0 Å². The third-order valence-electron chi connectivity index (χ3n) is 3.38. The quantitative estimate of drug-likeness (QED) is 0.775. The Morgan fingerprint density at radius 1 is 1.40 bits per heavy atom. The van der Waals surface area contributed by atoms with E-state index < -0.39 is 0 Å². The largest absolute Gasteiger partial charge is 0.488 e. The average molecular weight is 278 g/mol. The van der Waals surface area contributed by atoms with E-state index in [-0.39, 0.29) is 24.8 Å². The number of benzene rings is 1.